The first-order chi connectivity index (χ1) is 15.1. The number of aliphatic hydroxyl groups excluding tert-OH is 1. The first-order valence-electron chi connectivity index (χ1n) is 9.76. The van der Waals surface area contributed by atoms with Gasteiger partial charge in [-0.3, -0.25) is 4.55 Å². The molecule has 1 aliphatic heterocycles. The third-order valence-corrected chi connectivity index (χ3v) is 4.95. The Labute approximate surface area is 191 Å². The molecule has 0 saturated carbocycles. The summed E-state index contributed by atoms with van der Waals surface area (Å²) in [6, 6.07) is 9.55. The van der Waals surface area contributed by atoms with Crippen molar-refractivity contribution in [3.05, 3.63) is 47.2 Å². The van der Waals surface area contributed by atoms with Gasteiger partial charge in [-0.2, -0.15) is 8.42 Å². The molecule has 1 unspecified atom stereocenters. The molecule has 0 amide bonds. The van der Waals surface area contributed by atoms with Gasteiger partial charge < -0.3 is 19.5 Å². The predicted molar refractivity (Wildman–Crippen MR) is 123 cm³/mol. The molecule has 9 nitrogen and oxygen atoms in total. The van der Waals surface area contributed by atoms with E-state index in [2.05, 4.69) is 20.9 Å². The van der Waals surface area contributed by atoms with Crippen molar-refractivity contribution in [2.45, 2.75) is 26.1 Å². The first kappa shape index (κ1) is 24.0. The van der Waals surface area contributed by atoms with Crippen molar-refractivity contribution >= 4 is 44.1 Å². The molecule has 3 aromatic rings. The van der Waals surface area contributed by atoms with Gasteiger partial charge >= 0.3 is 0 Å². The van der Waals surface area contributed by atoms with Crippen LogP contribution in [0.5, 0.6) is 11.5 Å². The van der Waals surface area contributed by atoms with E-state index >= 15 is 0 Å². The summed E-state index contributed by atoms with van der Waals surface area (Å²) in [4.78, 5) is 11.0. The van der Waals surface area contributed by atoms with E-state index in [1.165, 1.54) is 11.9 Å². The molecule has 172 valence electrons. The van der Waals surface area contributed by atoms with Gasteiger partial charge in [-0.25, -0.2) is 9.97 Å². The van der Waals surface area contributed by atoms with Gasteiger partial charge in [-0.1, -0.05) is 24.6 Å². The third-order valence-electron chi connectivity index (χ3n) is 4.71. The van der Waals surface area contributed by atoms with Crippen molar-refractivity contribution in [2.24, 2.45) is 0 Å². The standard InChI is InChI=1S/C20H20ClN3O3.CH4O3S/c1-3-19(25)27-18-10-15-14(9-17(18)26-2)20(23-11-22-15)24-7-6-12-4-5-13(21)8-16(12)24;1-5(2,3)4/h4-5,8-11,19,25H,3,6-7H2,1-2H3;1H3,(H,2,3,4). The average molecular weight is 482 g/mol. The van der Waals surface area contributed by atoms with Gasteiger partial charge in [0.05, 0.1) is 18.9 Å². The van der Waals surface area contributed by atoms with Gasteiger partial charge in [-0.05, 0) is 30.2 Å². The summed E-state index contributed by atoms with van der Waals surface area (Å²) in [6.45, 7) is 2.66. The quantitative estimate of drug-likeness (QED) is 0.415. The van der Waals surface area contributed by atoms with Crippen molar-refractivity contribution < 1.29 is 27.6 Å². The van der Waals surface area contributed by atoms with E-state index in [1.54, 1.807) is 13.2 Å². The summed E-state index contributed by atoms with van der Waals surface area (Å²) in [5.74, 6) is 1.77. The zero-order valence-corrected chi connectivity index (χ0v) is 19.4. The Bertz CT molecular complexity index is 1210. The Morgan fingerprint density at radius 1 is 1.22 bits per heavy atom. The number of halogens is 1. The van der Waals surface area contributed by atoms with E-state index in [0.717, 1.165) is 35.4 Å². The van der Waals surface area contributed by atoms with Crippen LogP contribution in [-0.4, -0.2) is 54.2 Å². The number of rotatable bonds is 5. The number of hydrogen-bond donors (Lipinski definition) is 2. The number of aromatic nitrogens is 2. The fourth-order valence-corrected chi connectivity index (χ4v) is 3.49. The molecule has 32 heavy (non-hydrogen) atoms. The van der Waals surface area contributed by atoms with Gasteiger partial charge in [0.15, 0.2) is 17.8 Å². The van der Waals surface area contributed by atoms with Crippen molar-refractivity contribution in [3.63, 3.8) is 0 Å². The Kier molecular flexibility index (Phi) is 7.40. The smallest absolute Gasteiger partial charge is 0.261 e. The van der Waals surface area contributed by atoms with E-state index in [0.29, 0.717) is 29.2 Å². The van der Waals surface area contributed by atoms with Crippen LogP contribution in [0.2, 0.25) is 5.02 Å². The van der Waals surface area contributed by atoms with Crippen LogP contribution >= 0.6 is 11.6 Å². The van der Waals surface area contributed by atoms with E-state index in [4.69, 9.17) is 25.6 Å². The molecule has 2 N–H and O–H groups in total. The Morgan fingerprint density at radius 3 is 2.59 bits per heavy atom. The van der Waals surface area contributed by atoms with E-state index in [-0.39, 0.29) is 0 Å². The molecule has 2 aromatic carbocycles. The lowest BCUT2D eigenvalue weighted by atomic mass is 10.1. The molecule has 2 heterocycles. The number of ether oxygens (including phenoxy) is 2. The van der Waals surface area contributed by atoms with Gasteiger partial charge in [0, 0.05) is 35.1 Å². The molecule has 0 saturated heterocycles. The number of aliphatic hydroxyl groups is 1. The second-order valence-electron chi connectivity index (χ2n) is 7.11. The van der Waals surface area contributed by atoms with Gasteiger partial charge in [0.25, 0.3) is 10.1 Å². The van der Waals surface area contributed by atoms with Gasteiger partial charge in [0.2, 0.25) is 0 Å². The summed E-state index contributed by atoms with van der Waals surface area (Å²) < 4.78 is 36.9. The number of benzene rings is 2. The fourth-order valence-electron chi connectivity index (χ4n) is 3.32. The minimum absolute atomic E-state index is 0.453. The highest BCUT2D eigenvalue weighted by Crippen LogP contribution is 2.40. The first-order valence-corrected chi connectivity index (χ1v) is 12.0. The SMILES string of the molecule is CCC(O)Oc1cc2ncnc(N3CCc4ccc(Cl)cc43)c2cc1OC.CS(=O)(=O)O. The third kappa shape index (κ3) is 5.77. The highest BCUT2D eigenvalue weighted by Gasteiger charge is 2.24. The highest BCUT2D eigenvalue weighted by atomic mass is 35.5. The van der Waals surface area contributed by atoms with Crippen LogP contribution in [0.15, 0.2) is 36.7 Å². The zero-order valence-electron chi connectivity index (χ0n) is 17.8. The molecule has 0 bridgehead atoms. The second kappa shape index (κ2) is 9.86. The number of nitrogens with zero attached hydrogens (tertiary/aromatic N) is 3. The van der Waals surface area contributed by atoms with Gasteiger partial charge in [0.1, 0.15) is 12.1 Å². The molecule has 0 fully saturated rings. The zero-order chi connectivity index (χ0) is 23.5. The summed E-state index contributed by atoms with van der Waals surface area (Å²) >= 11 is 6.21. The van der Waals surface area contributed by atoms with E-state index < -0.39 is 16.4 Å². The fraction of sp³-hybridized carbons (Fsp3) is 0.333. The molecule has 1 aliphatic rings. The van der Waals surface area contributed by atoms with Crippen molar-refractivity contribution in [2.75, 3.05) is 24.8 Å². The highest BCUT2D eigenvalue weighted by molar-refractivity contribution is 7.85. The van der Waals surface area contributed by atoms with E-state index in [1.807, 2.05) is 25.1 Å². The van der Waals surface area contributed by atoms with Crippen molar-refractivity contribution in [1.29, 1.82) is 0 Å². The minimum atomic E-state index is -3.67. The summed E-state index contributed by atoms with van der Waals surface area (Å²) in [6.07, 6.45) is 2.76. The van der Waals surface area contributed by atoms with Crippen molar-refractivity contribution in [1.82, 2.24) is 9.97 Å². The molecule has 1 atom stereocenters. The number of anilines is 2. The lowest BCUT2D eigenvalue weighted by Crippen LogP contribution is -2.16. The lowest BCUT2D eigenvalue weighted by Gasteiger charge is -2.21. The molecule has 1 aromatic heterocycles. The van der Waals surface area contributed by atoms with Crippen LogP contribution in [0.25, 0.3) is 10.9 Å². The van der Waals surface area contributed by atoms with Gasteiger partial charge in [-0.15, -0.1) is 0 Å². The maximum absolute atomic E-state index is 9.83. The Morgan fingerprint density at radius 2 is 1.94 bits per heavy atom. The van der Waals surface area contributed by atoms with Crippen LogP contribution in [0.3, 0.4) is 0 Å². The molecule has 4 rings (SSSR count). The number of methoxy groups -OCH3 is 1. The molecular formula is C21H24ClN3O6S. The van der Waals surface area contributed by atoms with Crippen LogP contribution in [0.4, 0.5) is 11.5 Å². The number of fused-ring (bicyclic) bond motifs is 2. The average Bonchev–Trinajstić information content (AvgIpc) is 3.14. The minimum Gasteiger partial charge on any atom is -0.493 e. The lowest BCUT2D eigenvalue weighted by molar-refractivity contribution is -0.0205. The Hall–Kier alpha value is -2.66. The van der Waals surface area contributed by atoms with Crippen LogP contribution in [0, 0.1) is 0 Å². The maximum Gasteiger partial charge on any atom is 0.261 e. The van der Waals surface area contributed by atoms with Crippen LogP contribution < -0.4 is 14.4 Å². The monoisotopic (exact) mass is 481 g/mol. The van der Waals surface area contributed by atoms with E-state index in [9.17, 15) is 13.5 Å². The summed E-state index contributed by atoms with van der Waals surface area (Å²) in [5.41, 5.74) is 3.02. The van der Waals surface area contributed by atoms with Crippen molar-refractivity contribution in [3.8, 4) is 11.5 Å². The summed E-state index contributed by atoms with van der Waals surface area (Å²) in [5, 5.41) is 11.4. The Balaban J connectivity index is 0.000000523. The second-order valence-corrected chi connectivity index (χ2v) is 9.01. The topological polar surface area (TPSA) is 122 Å². The largest absolute Gasteiger partial charge is 0.493 e. The molecule has 0 spiro atoms. The molecular weight excluding hydrogens is 458 g/mol. The maximum atomic E-state index is 9.83. The predicted octanol–water partition coefficient (Wildman–Crippen LogP) is 3.60. The summed E-state index contributed by atoms with van der Waals surface area (Å²) in [7, 11) is -2.10. The normalized spacial score (nSPS) is 13.9. The molecule has 0 aliphatic carbocycles. The molecule has 0 radical (unpaired) electrons. The molecule has 11 heteroatoms. The number of hydrogen-bond acceptors (Lipinski definition) is 8. The van der Waals surface area contributed by atoms with Crippen LogP contribution in [0.1, 0.15) is 18.9 Å². The van der Waals surface area contributed by atoms with Crippen LogP contribution in [-0.2, 0) is 16.5 Å².